The summed E-state index contributed by atoms with van der Waals surface area (Å²) in [4.78, 5) is 36.9. The van der Waals surface area contributed by atoms with Crippen LogP contribution in [0.2, 0.25) is 5.02 Å². The number of nitrogens with zero attached hydrogens (tertiary/aromatic N) is 3. The normalized spacial score (nSPS) is 10.7. The number of aryl methyl sites for hydroxylation is 1. The summed E-state index contributed by atoms with van der Waals surface area (Å²) in [7, 11) is 0. The van der Waals surface area contributed by atoms with Crippen LogP contribution in [-0.2, 0) is 11.2 Å². The van der Waals surface area contributed by atoms with Crippen LogP contribution < -0.4 is 16.0 Å². The van der Waals surface area contributed by atoms with E-state index in [0.29, 0.717) is 40.5 Å². The van der Waals surface area contributed by atoms with Crippen molar-refractivity contribution in [3.63, 3.8) is 0 Å². The van der Waals surface area contributed by atoms with E-state index in [0.717, 1.165) is 11.3 Å². The predicted molar refractivity (Wildman–Crippen MR) is 130 cm³/mol. The first-order valence-electron chi connectivity index (χ1n) is 10.3. The molecule has 2 amide bonds. The minimum Gasteiger partial charge on any atom is -0.339 e. The van der Waals surface area contributed by atoms with Gasteiger partial charge in [-0.25, -0.2) is 24.1 Å². The molecule has 34 heavy (non-hydrogen) atoms. The van der Waals surface area contributed by atoms with Gasteiger partial charge in [-0.1, -0.05) is 23.7 Å². The van der Waals surface area contributed by atoms with Gasteiger partial charge in [0.05, 0.1) is 22.6 Å². The van der Waals surface area contributed by atoms with Gasteiger partial charge in [-0.2, -0.15) is 0 Å². The van der Waals surface area contributed by atoms with Crippen LogP contribution in [0.4, 0.5) is 32.1 Å². The Morgan fingerprint density at radius 2 is 1.74 bits per heavy atom. The average Bonchev–Trinajstić information content (AvgIpc) is 2.78. The number of aromatic nitrogens is 3. The number of fused-ring (bicyclic) bond motifs is 1. The second-order valence-corrected chi connectivity index (χ2v) is 8.04. The number of rotatable bonds is 6. The highest BCUT2D eigenvalue weighted by atomic mass is 35.5. The van der Waals surface area contributed by atoms with Crippen molar-refractivity contribution in [3.8, 4) is 0 Å². The van der Waals surface area contributed by atoms with Crippen molar-refractivity contribution >= 4 is 57.5 Å². The number of benzene rings is 2. The van der Waals surface area contributed by atoms with Gasteiger partial charge in [-0.3, -0.25) is 4.79 Å². The first-order chi connectivity index (χ1) is 16.3. The van der Waals surface area contributed by atoms with Crippen LogP contribution in [0, 0.1) is 12.7 Å². The molecule has 0 aliphatic carbocycles. The van der Waals surface area contributed by atoms with Crippen molar-refractivity contribution in [2.24, 2.45) is 0 Å². The summed E-state index contributed by atoms with van der Waals surface area (Å²) >= 11 is 5.75. The quantitative estimate of drug-likeness (QED) is 0.330. The average molecular weight is 479 g/mol. The number of nitrogens with one attached hydrogen (secondary N) is 3. The minimum absolute atomic E-state index is 0.0898. The predicted octanol–water partition coefficient (Wildman–Crippen LogP) is 5.64. The monoisotopic (exact) mass is 478 g/mol. The fourth-order valence-electron chi connectivity index (χ4n) is 3.22. The summed E-state index contributed by atoms with van der Waals surface area (Å²) in [5.74, 6) is 0.0405. The van der Waals surface area contributed by atoms with Gasteiger partial charge in [0.15, 0.2) is 11.5 Å². The molecule has 0 bridgehead atoms. The summed E-state index contributed by atoms with van der Waals surface area (Å²) in [6.07, 6.45) is 1.96. The zero-order valence-electron chi connectivity index (χ0n) is 18.3. The molecule has 8 nitrogen and oxygen atoms in total. The molecule has 3 N–H and O–H groups in total. The molecular weight excluding hydrogens is 459 g/mol. The SMILES string of the molecule is CC(=O)Cc1ccc(Nc2cnc3cc(NC(=O)Nc4ccc(F)c(Cl)c4)c(C)nc3n2)cc1. The Morgan fingerprint density at radius 3 is 2.44 bits per heavy atom. The van der Waals surface area contributed by atoms with E-state index in [1.54, 1.807) is 26.1 Å². The largest absolute Gasteiger partial charge is 0.339 e. The molecule has 2 heterocycles. The van der Waals surface area contributed by atoms with Gasteiger partial charge in [0.25, 0.3) is 0 Å². The van der Waals surface area contributed by atoms with Crippen molar-refractivity contribution in [1.82, 2.24) is 15.0 Å². The van der Waals surface area contributed by atoms with E-state index in [4.69, 9.17) is 11.6 Å². The second-order valence-electron chi connectivity index (χ2n) is 7.63. The molecule has 0 atom stereocenters. The highest BCUT2D eigenvalue weighted by molar-refractivity contribution is 6.31. The number of urea groups is 1. The fraction of sp³-hybridized carbons (Fsp3) is 0.125. The third-order valence-corrected chi connectivity index (χ3v) is 5.12. The van der Waals surface area contributed by atoms with E-state index < -0.39 is 11.8 Å². The fourth-order valence-corrected chi connectivity index (χ4v) is 3.40. The number of hydrogen-bond donors (Lipinski definition) is 3. The maximum Gasteiger partial charge on any atom is 0.323 e. The van der Waals surface area contributed by atoms with E-state index in [1.807, 2.05) is 24.3 Å². The third-order valence-electron chi connectivity index (χ3n) is 4.83. The number of amides is 2. The van der Waals surface area contributed by atoms with Crippen LogP contribution in [0.25, 0.3) is 11.2 Å². The summed E-state index contributed by atoms with van der Waals surface area (Å²) in [5.41, 5.74) is 3.98. The molecule has 0 fully saturated rings. The van der Waals surface area contributed by atoms with Crippen LogP contribution >= 0.6 is 11.6 Å². The molecule has 4 aromatic rings. The maximum absolute atomic E-state index is 13.3. The lowest BCUT2D eigenvalue weighted by Crippen LogP contribution is -2.20. The molecule has 2 aromatic heterocycles. The third kappa shape index (κ3) is 5.62. The Labute approximate surface area is 199 Å². The smallest absolute Gasteiger partial charge is 0.323 e. The molecule has 10 heteroatoms. The van der Waals surface area contributed by atoms with Gasteiger partial charge in [-0.15, -0.1) is 0 Å². The number of anilines is 4. The Morgan fingerprint density at radius 1 is 1.00 bits per heavy atom. The van der Waals surface area contributed by atoms with Crippen molar-refractivity contribution in [3.05, 3.63) is 76.8 Å². The van der Waals surface area contributed by atoms with Crippen molar-refractivity contribution in [2.45, 2.75) is 20.3 Å². The van der Waals surface area contributed by atoms with Gasteiger partial charge in [0.1, 0.15) is 17.1 Å². The van der Waals surface area contributed by atoms with E-state index in [1.165, 1.54) is 18.2 Å². The standard InChI is InChI=1S/C24H20ClFN6O2/c1-13(33)9-15-3-5-16(6-4-15)29-22-12-27-21-11-20(14(2)28-23(21)32-22)31-24(34)30-17-7-8-19(26)18(25)10-17/h3-8,10-12H,9H2,1-2H3,(H,28,29,32)(H2,30,31,34). The Bertz CT molecular complexity index is 1390. The number of Topliss-reactive ketones (excluding diaryl/α,β-unsaturated/α-hetero) is 1. The van der Waals surface area contributed by atoms with Crippen molar-refractivity contribution in [2.75, 3.05) is 16.0 Å². The molecule has 172 valence electrons. The van der Waals surface area contributed by atoms with Crippen LogP contribution in [0.5, 0.6) is 0 Å². The topological polar surface area (TPSA) is 109 Å². The summed E-state index contributed by atoms with van der Waals surface area (Å²) < 4.78 is 13.3. The Hall–Kier alpha value is -4.11. The van der Waals surface area contributed by atoms with E-state index in [2.05, 4.69) is 30.9 Å². The number of ketones is 1. The maximum atomic E-state index is 13.3. The van der Waals surface area contributed by atoms with Gasteiger partial charge in [0, 0.05) is 17.8 Å². The summed E-state index contributed by atoms with van der Waals surface area (Å²) in [6, 6.07) is 12.5. The van der Waals surface area contributed by atoms with E-state index in [9.17, 15) is 14.0 Å². The number of carbonyl (C=O) groups is 2. The highest BCUT2D eigenvalue weighted by Crippen LogP contribution is 2.23. The first kappa shape index (κ1) is 23.1. The molecule has 0 aliphatic rings. The Balaban J connectivity index is 1.47. The van der Waals surface area contributed by atoms with Gasteiger partial charge < -0.3 is 16.0 Å². The zero-order valence-corrected chi connectivity index (χ0v) is 19.1. The summed E-state index contributed by atoms with van der Waals surface area (Å²) in [6.45, 7) is 3.29. The van der Waals surface area contributed by atoms with Crippen LogP contribution in [0.15, 0.2) is 54.7 Å². The lowest BCUT2D eigenvalue weighted by Gasteiger charge is -2.11. The Kier molecular flexibility index (Phi) is 6.65. The molecule has 0 aliphatic heterocycles. The second kappa shape index (κ2) is 9.80. The lowest BCUT2D eigenvalue weighted by atomic mass is 10.1. The van der Waals surface area contributed by atoms with Gasteiger partial charge in [-0.05, 0) is 55.8 Å². The van der Waals surface area contributed by atoms with E-state index >= 15 is 0 Å². The molecule has 2 aromatic carbocycles. The van der Waals surface area contributed by atoms with Crippen LogP contribution in [0.1, 0.15) is 18.2 Å². The number of carbonyl (C=O) groups excluding carboxylic acids is 2. The zero-order chi connectivity index (χ0) is 24.2. The van der Waals surface area contributed by atoms with Crippen LogP contribution in [0.3, 0.4) is 0 Å². The lowest BCUT2D eigenvalue weighted by molar-refractivity contribution is -0.116. The molecule has 0 unspecified atom stereocenters. The molecular formula is C24H20ClFN6O2. The number of pyridine rings is 1. The van der Waals surface area contributed by atoms with Gasteiger partial charge >= 0.3 is 6.03 Å². The summed E-state index contributed by atoms with van der Waals surface area (Å²) in [5, 5.41) is 8.37. The molecule has 0 spiro atoms. The van der Waals surface area contributed by atoms with Gasteiger partial charge in [0.2, 0.25) is 0 Å². The molecule has 4 rings (SSSR count). The minimum atomic E-state index is -0.570. The van der Waals surface area contributed by atoms with Crippen molar-refractivity contribution in [1.29, 1.82) is 0 Å². The number of halogens is 2. The first-order valence-corrected chi connectivity index (χ1v) is 10.7. The molecule has 0 saturated carbocycles. The van der Waals surface area contributed by atoms with E-state index in [-0.39, 0.29) is 10.8 Å². The highest BCUT2D eigenvalue weighted by Gasteiger charge is 2.11. The molecule has 0 saturated heterocycles. The van der Waals surface area contributed by atoms with Crippen molar-refractivity contribution < 1.29 is 14.0 Å². The van der Waals surface area contributed by atoms with Crippen LogP contribution in [-0.4, -0.2) is 26.8 Å². The number of hydrogen-bond acceptors (Lipinski definition) is 6. The molecule has 0 radical (unpaired) electrons.